The Morgan fingerprint density at radius 2 is 2.06 bits per heavy atom. The lowest BCUT2D eigenvalue weighted by atomic mass is 10.3. The monoisotopic (exact) mass is 261 g/mol. The molecule has 2 aromatic rings. The molecule has 0 aromatic carbocycles. The highest BCUT2D eigenvalue weighted by atomic mass is 35.5. The summed E-state index contributed by atoms with van der Waals surface area (Å²) in [5, 5.41) is 4.13. The molecule has 2 rings (SSSR count). The predicted octanol–water partition coefficient (Wildman–Crippen LogP) is 3.16. The van der Waals surface area contributed by atoms with Crippen molar-refractivity contribution < 1.29 is 13.2 Å². The van der Waals surface area contributed by atoms with Crippen molar-refractivity contribution >= 4 is 11.6 Å². The number of hydrogen-bond acceptors (Lipinski definition) is 2. The van der Waals surface area contributed by atoms with E-state index < -0.39 is 12.7 Å². The molecule has 0 radical (unpaired) electrons. The third kappa shape index (κ3) is 2.97. The van der Waals surface area contributed by atoms with Gasteiger partial charge in [-0.2, -0.15) is 18.3 Å². The first-order valence-corrected chi connectivity index (χ1v) is 5.04. The van der Waals surface area contributed by atoms with Crippen LogP contribution in [0.5, 0.6) is 0 Å². The summed E-state index contributed by atoms with van der Waals surface area (Å²) in [6.07, 6.45) is -1.55. The van der Waals surface area contributed by atoms with Crippen LogP contribution < -0.4 is 0 Å². The van der Waals surface area contributed by atoms with Gasteiger partial charge in [-0.15, -0.1) is 0 Å². The summed E-state index contributed by atoms with van der Waals surface area (Å²) in [5.74, 6) is 0. The van der Waals surface area contributed by atoms with Gasteiger partial charge in [-0.3, -0.25) is 9.67 Å². The van der Waals surface area contributed by atoms with Crippen molar-refractivity contribution in [1.29, 1.82) is 0 Å². The van der Waals surface area contributed by atoms with E-state index in [4.69, 9.17) is 11.6 Å². The highest BCUT2D eigenvalue weighted by molar-refractivity contribution is 6.32. The minimum atomic E-state index is -4.29. The molecule has 0 N–H and O–H groups in total. The molecule has 2 aromatic heterocycles. The molecule has 0 bridgehead atoms. The Morgan fingerprint density at radius 3 is 2.71 bits per heavy atom. The minimum absolute atomic E-state index is 0.319. The molecule has 90 valence electrons. The maximum Gasteiger partial charge on any atom is 0.408 e. The van der Waals surface area contributed by atoms with Crippen LogP contribution in [0.3, 0.4) is 0 Å². The number of halogens is 4. The first-order chi connectivity index (χ1) is 7.96. The molecule has 3 nitrogen and oxygen atoms in total. The van der Waals surface area contributed by atoms with Gasteiger partial charge in [0.2, 0.25) is 0 Å². The summed E-state index contributed by atoms with van der Waals surface area (Å²) >= 11 is 5.87. The summed E-state index contributed by atoms with van der Waals surface area (Å²) < 4.78 is 37.2. The normalized spacial score (nSPS) is 11.8. The van der Waals surface area contributed by atoms with Crippen molar-refractivity contribution in [3.05, 3.63) is 35.6 Å². The van der Waals surface area contributed by atoms with Gasteiger partial charge >= 0.3 is 6.18 Å². The SMILES string of the molecule is FC(F)(F)Cn1ccc(-c2ncccc2Cl)n1. The number of aromatic nitrogens is 3. The van der Waals surface area contributed by atoms with E-state index in [-0.39, 0.29) is 0 Å². The molecular formula is C10H7ClF3N3. The lowest BCUT2D eigenvalue weighted by Crippen LogP contribution is -2.17. The maximum atomic E-state index is 12.1. The van der Waals surface area contributed by atoms with Crippen molar-refractivity contribution in [3.8, 4) is 11.4 Å². The maximum absolute atomic E-state index is 12.1. The first kappa shape index (κ1) is 11.9. The number of alkyl halides is 3. The molecule has 2 heterocycles. The summed E-state index contributed by atoms with van der Waals surface area (Å²) in [6, 6.07) is 4.69. The molecule has 0 unspecified atom stereocenters. The van der Waals surface area contributed by atoms with Gasteiger partial charge < -0.3 is 0 Å². The van der Waals surface area contributed by atoms with Gasteiger partial charge in [0.25, 0.3) is 0 Å². The fourth-order valence-electron chi connectivity index (χ4n) is 1.33. The molecule has 0 aliphatic heterocycles. The Hall–Kier alpha value is -1.56. The van der Waals surface area contributed by atoms with Crippen LogP contribution in [0, 0.1) is 0 Å². The fourth-order valence-corrected chi connectivity index (χ4v) is 1.55. The van der Waals surface area contributed by atoms with Gasteiger partial charge in [0.1, 0.15) is 17.9 Å². The van der Waals surface area contributed by atoms with Gasteiger partial charge in [0.05, 0.1) is 5.02 Å². The quantitative estimate of drug-likeness (QED) is 0.831. The van der Waals surface area contributed by atoms with E-state index in [0.29, 0.717) is 16.4 Å². The van der Waals surface area contributed by atoms with E-state index in [9.17, 15) is 13.2 Å². The van der Waals surface area contributed by atoms with Gasteiger partial charge in [-0.1, -0.05) is 11.6 Å². The Morgan fingerprint density at radius 1 is 1.29 bits per heavy atom. The van der Waals surface area contributed by atoms with E-state index in [2.05, 4.69) is 10.1 Å². The van der Waals surface area contributed by atoms with Crippen LogP contribution in [0.15, 0.2) is 30.6 Å². The lowest BCUT2D eigenvalue weighted by molar-refractivity contribution is -0.142. The number of hydrogen-bond donors (Lipinski definition) is 0. The lowest BCUT2D eigenvalue weighted by Gasteiger charge is -2.05. The average molecular weight is 262 g/mol. The van der Waals surface area contributed by atoms with Gasteiger partial charge in [0, 0.05) is 12.4 Å². The molecule has 0 fully saturated rings. The third-order valence-corrected chi connectivity index (χ3v) is 2.29. The summed E-state index contributed by atoms with van der Waals surface area (Å²) in [7, 11) is 0. The smallest absolute Gasteiger partial charge is 0.263 e. The molecule has 0 saturated carbocycles. The second kappa shape index (κ2) is 4.37. The van der Waals surface area contributed by atoms with Crippen molar-refractivity contribution in [1.82, 2.24) is 14.8 Å². The van der Waals surface area contributed by atoms with E-state index in [1.807, 2.05) is 0 Å². The second-order valence-electron chi connectivity index (χ2n) is 3.35. The molecule has 0 spiro atoms. The number of rotatable bonds is 2. The Labute approximate surface area is 99.8 Å². The van der Waals surface area contributed by atoms with Crippen LogP contribution in [0.2, 0.25) is 5.02 Å². The van der Waals surface area contributed by atoms with Crippen molar-refractivity contribution in [2.75, 3.05) is 0 Å². The van der Waals surface area contributed by atoms with Crippen LogP contribution in [0.1, 0.15) is 0 Å². The van der Waals surface area contributed by atoms with E-state index in [1.165, 1.54) is 18.5 Å². The largest absolute Gasteiger partial charge is 0.408 e. The summed E-state index contributed by atoms with van der Waals surface area (Å²) in [6.45, 7) is -1.13. The highest BCUT2D eigenvalue weighted by Crippen LogP contribution is 2.24. The van der Waals surface area contributed by atoms with E-state index >= 15 is 0 Å². The van der Waals surface area contributed by atoms with Crippen molar-refractivity contribution in [2.24, 2.45) is 0 Å². The number of nitrogens with zero attached hydrogens (tertiary/aromatic N) is 3. The van der Waals surface area contributed by atoms with Gasteiger partial charge in [-0.25, -0.2) is 0 Å². The zero-order valence-corrected chi connectivity index (χ0v) is 9.20. The van der Waals surface area contributed by atoms with Crippen LogP contribution in [-0.4, -0.2) is 20.9 Å². The zero-order chi connectivity index (χ0) is 12.5. The average Bonchev–Trinajstić information content (AvgIpc) is 2.64. The molecule has 0 saturated heterocycles. The zero-order valence-electron chi connectivity index (χ0n) is 8.45. The minimum Gasteiger partial charge on any atom is -0.263 e. The third-order valence-electron chi connectivity index (χ3n) is 1.98. The Kier molecular flexibility index (Phi) is 3.06. The molecular weight excluding hydrogens is 255 g/mol. The second-order valence-corrected chi connectivity index (χ2v) is 3.75. The molecule has 0 aliphatic rings. The fraction of sp³-hybridized carbons (Fsp3) is 0.200. The van der Waals surface area contributed by atoms with Crippen molar-refractivity contribution in [2.45, 2.75) is 12.7 Å². The van der Waals surface area contributed by atoms with E-state index in [0.717, 1.165) is 4.68 Å². The predicted molar refractivity (Wildman–Crippen MR) is 56.5 cm³/mol. The molecule has 0 atom stereocenters. The first-order valence-electron chi connectivity index (χ1n) is 4.67. The molecule has 0 aliphatic carbocycles. The standard InChI is InChI=1S/C10H7ClF3N3/c11-7-2-1-4-15-9(7)8-3-5-17(16-8)6-10(12,13)14/h1-5H,6H2. The number of pyridine rings is 1. The van der Waals surface area contributed by atoms with Crippen molar-refractivity contribution in [3.63, 3.8) is 0 Å². The molecule has 17 heavy (non-hydrogen) atoms. The topological polar surface area (TPSA) is 30.7 Å². The Balaban J connectivity index is 2.28. The van der Waals surface area contributed by atoms with Crippen LogP contribution >= 0.6 is 11.6 Å². The van der Waals surface area contributed by atoms with Gasteiger partial charge in [0.15, 0.2) is 0 Å². The highest BCUT2D eigenvalue weighted by Gasteiger charge is 2.28. The summed E-state index contributed by atoms with van der Waals surface area (Å²) in [4.78, 5) is 3.97. The van der Waals surface area contributed by atoms with Gasteiger partial charge in [-0.05, 0) is 18.2 Å². The molecule has 7 heteroatoms. The van der Waals surface area contributed by atoms with Crippen LogP contribution in [0.25, 0.3) is 11.4 Å². The van der Waals surface area contributed by atoms with E-state index in [1.54, 1.807) is 12.1 Å². The van der Waals surface area contributed by atoms with Crippen LogP contribution in [-0.2, 0) is 6.54 Å². The summed E-state index contributed by atoms with van der Waals surface area (Å²) in [5.41, 5.74) is 0.690. The molecule has 0 amide bonds. The van der Waals surface area contributed by atoms with Crippen LogP contribution in [0.4, 0.5) is 13.2 Å². The Bertz CT molecular complexity index is 522.